The number of hydrogen-bond acceptors (Lipinski definition) is 5. The third kappa shape index (κ3) is 7.26. The van der Waals surface area contributed by atoms with Gasteiger partial charge in [0, 0.05) is 18.1 Å². The van der Waals surface area contributed by atoms with E-state index in [1.807, 2.05) is 13.0 Å². The molecule has 2 amide bonds. The van der Waals surface area contributed by atoms with Crippen LogP contribution in [0.5, 0.6) is 0 Å². The second-order valence-electron chi connectivity index (χ2n) is 9.00. The average Bonchev–Trinajstić information content (AvgIpc) is 2.91. The summed E-state index contributed by atoms with van der Waals surface area (Å²) in [5.74, 6) is -0.0106. The molecule has 1 N–H and O–H groups in total. The molecule has 1 atom stereocenters. The van der Waals surface area contributed by atoms with E-state index in [4.69, 9.17) is 32.9 Å². The fraction of sp³-hybridized carbons (Fsp3) is 0.429. The minimum atomic E-state index is -0.530. The molecule has 0 aliphatic heterocycles. The quantitative estimate of drug-likeness (QED) is 0.193. The van der Waals surface area contributed by atoms with Crippen LogP contribution in [0.25, 0.3) is 10.9 Å². The lowest BCUT2D eigenvalue weighted by molar-refractivity contribution is -0.140. The Morgan fingerprint density at radius 2 is 1.87 bits per heavy atom. The van der Waals surface area contributed by atoms with Crippen LogP contribution in [-0.4, -0.2) is 40.1 Å². The maximum atomic E-state index is 13.7. The van der Waals surface area contributed by atoms with Crippen molar-refractivity contribution in [2.45, 2.75) is 65.0 Å². The standard InChI is InChI=1S/C28H34Cl2N4O4/c1-4-6-7-10-16-33(28(37)32-23-14-13-19(29)18-21(23)30)24(5-2)26-31-22-12-9-8-11-20(22)27(36)34(26)17-15-25(35)38-3/h8-9,11-14,18,24H,4-7,10,15-17H2,1-3H3,(H,32,37). The normalized spacial score (nSPS) is 11.8. The molecule has 0 aliphatic rings. The van der Waals surface area contributed by atoms with Crippen molar-refractivity contribution in [2.24, 2.45) is 0 Å². The number of rotatable bonds is 12. The van der Waals surface area contributed by atoms with Crippen LogP contribution < -0.4 is 10.9 Å². The lowest BCUT2D eigenvalue weighted by Gasteiger charge is -2.32. The van der Waals surface area contributed by atoms with Crippen molar-refractivity contribution < 1.29 is 14.3 Å². The van der Waals surface area contributed by atoms with Crippen molar-refractivity contribution in [3.63, 3.8) is 0 Å². The molecule has 1 heterocycles. The molecule has 3 rings (SSSR count). The van der Waals surface area contributed by atoms with Gasteiger partial charge in [-0.25, -0.2) is 9.78 Å². The molecule has 1 unspecified atom stereocenters. The van der Waals surface area contributed by atoms with E-state index >= 15 is 0 Å². The Labute approximate surface area is 232 Å². The van der Waals surface area contributed by atoms with E-state index in [9.17, 15) is 14.4 Å². The smallest absolute Gasteiger partial charge is 0.322 e. The number of nitrogens with zero attached hydrogens (tertiary/aromatic N) is 3. The SMILES string of the molecule is CCCCCCN(C(=O)Nc1ccc(Cl)cc1Cl)C(CC)c1nc2ccccc2c(=O)n1CCC(=O)OC. The van der Waals surface area contributed by atoms with Gasteiger partial charge in [0.05, 0.1) is 41.2 Å². The van der Waals surface area contributed by atoms with E-state index in [1.165, 1.54) is 11.7 Å². The number of hydrogen-bond donors (Lipinski definition) is 1. The molecule has 0 saturated heterocycles. The monoisotopic (exact) mass is 560 g/mol. The Kier molecular flexibility index (Phi) is 11.0. The number of anilines is 1. The Bertz CT molecular complexity index is 1330. The van der Waals surface area contributed by atoms with Gasteiger partial charge in [0.15, 0.2) is 0 Å². The number of unbranched alkanes of at least 4 members (excludes halogenated alkanes) is 3. The summed E-state index contributed by atoms with van der Waals surface area (Å²) in [5, 5.41) is 4.13. The number of para-hydroxylation sites is 1. The molecule has 8 nitrogen and oxygen atoms in total. The first-order valence-electron chi connectivity index (χ1n) is 12.9. The van der Waals surface area contributed by atoms with E-state index in [0.29, 0.717) is 45.4 Å². The Hall–Kier alpha value is -3.10. The summed E-state index contributed by atoms with van der Waals surface area (Å²) in [6, 6.07) is 11.1. The number of urea groups is 1. The maximum absolute atomic E-state index is 13.7. The highest BCUT2D eigenvalue weighted by Gasteiger charge is 2.29. The molecule has 38 heavy (non-hydrogen) atoms. The summed E-state index contributed by atoms with van der Waals surface area (Å²) < 4.78 is 6.30. The predicted molar refractivity (Wildman–Crippen MR) is 152 cm³/mol. The van der Waals surface area contributed by atoms with Gasteiger partial charge >= 0.3 is 12.0 Å². The van der Waals surface area contributed by atoms with Gasteiger partial charge in [-0.2, -0.15) is 0 Å². The highest BCUT2D eigenvalue weighted by atomic mass is 35.5. The van der Waals surface area contributed by atoms with Crippen molar-refractivity contribution in [3.05, 3.63) is 68.7 Å². The lowest BCUT2D eigenvalue weighted by atomic mass is 10.1. The molecule has 204 valence electrons. The first-order chi connectivity index (χ1) is 18.3. The Balaban J connectivity index is 2.07. The summed E-state index contributed by atoms with van der Waals surface area (Å²) in [6.45, 7) is 4.61. The third-order valence-electron chi connectivity index (χ3n) is 6.41. The van der Waals surface area contributed by atoms with Gasteiger partial charge in [-0.15, -0.1) is 0 Å². The van der Waals surface area contributed by atoms with Gasteiger partial charge in [0.1, 0.15) is 5.82 Å². The highest BCUT2D eigenvalue weighted by molar-refractivity contribution is 6.36. The van der Waals surface area contributed by atoms with Crippen LogP contribution in [0.1, 0.15) is 64.2 Å². The summed E-state index contributed by atoms with van der Waals surface area (Å²) in [6.07, 6.45) is 4.35. The van der Waals surface area contributed by atoms with Crippen molar-refractivity contribution in [1.29, 1.82) is 0 Å². The van der Waals surface area contributed by atoms with Gasteiger partial charge in [-0.05, 0) is 43.2 Å². The molecule has 1 aromatic heterocycles. The fourth-order valence-corrected chi connectivity index (χ4v) is 4.84. The third-order valence-corrected chi connectivity index (χ3v) is 6.95. The van der Waals surface area contributed by atoms with Crippen LogP contribution in [0, 0.1) is 0 Å². The average molecular weight is 562 g/mol. The number of nitrogens with one attached hydrogen (secondary N) is 1. The van der Waals surface area contributed by atoms with E-state index in [0.717, 1.165) is 25.7 Å². The van der Waals surface area contributed by atoms with E-state index in [2.05, 4.69) is 12.2 Å². The van der Waals surface area contributed by atoms with Crippen molar-refractivity contribution >= 4 is 51.8 Å². The zero-order valence-electron chi connectivity index (χ0n) is 22.0. The van der Waals surface area contributed by atoms with Gasteiger partial charge in [0.25, 0.3) is 5.56 Å². The van der Waals surface area contributed by atoms with Crippen LogP contribution in [0.4, 0.5) is 10.5 Å². The summed E-state index contributed by atoms with van der Waals surface area (Å²) in [7, 11) is 1.31. The second kappa shape index (κ2) is 14.2. The first kappa shape index (κ1) is 29.5. The molecule has 0 spiro atoms. The van der Waals surface area contributed by atoms with E-state index < -0.39 is 12.0 Å². The predicted octanol–water partition coefficient (Wildman–Crippen LogP) is 6.83. The van der Waals surface area contributed by atoms with E-state index in [-0.39, 0.29) is 24.6 Å². The van der Waals surface area contributed by atoms with Crippen LogP contribution in [-0.2, 0) is 16.1 Å². The molecule has 0 bridgehead atoms. The Morgan fingerprint density at radius 1 is 1.11 bits per heavy atom. The van der Waals surface area contributed by atoms with Crippen LogP contribution >= 0.6 is 23.2 Å². The molecule has 2 aromatic carbocycles. The summed E-state index contributed by atoms with van der Waals surface area (Å²) in [5.41, 5.74) is 0.705. The highest BCUT2D eigenvalue weighted by Crippen LogP contribution is 2.29. The maximum Gasteiger partial charge on any atom is 0.322 e. The van der Waals surface area contributed by atoms with Crippen LogP contribution in [0.2, 0.25) is 10.0 Å². The van der Waals surface area contributed by atoms with Crippen LogP contribution in [0.15, 0.2) is 47.3 Å². The second-order valence-corrected chi connectivity index (χ2v) is 9.85. The number of amides is 2. The number of fused-ring (bicyclic) bond motifs is 1. The van der Waals surface area contributed by atoms with Crippen molar-refractivity contribution in [2.75, 3.05) is 19.0 Å². The number of ether oxygens (including phenoxy) is 1. The Morgan fingerprint density at radius 3 is 2.55 bits per heavy atom. The molecule has 0 fully saturated rings. The first-order valence-corrected chi connectivity index (χ1v) is 13.6. The largest absolute Gasteiger partial charge is 0.469 e. The minimum absolute atomic E-state index is 0.00292. The van der Waals surface area contributed by atoms with Gasteiger partial charge in [-0.1, -0.05) is 68.4 Å². The topological polar surface area (TPSA) is 93.5 Å². The molecule has 3 aromatic rings. The van der Waals surface area contributed by atoms with Gasteiger partial charge in [-0.3, -0.25) is 14.2 Å². The molecular formula is C28H34Cl2N4O4. The van der Waals surface area contributed by atoms with Crippen LogP contribution in [0.3, 0.4) is 0 Å². The number of carbonyl (C=O) groups excluding carboxylic acids is 2. The number of methoxy groups -OCH3 is 1. The number of esters is 1. The number of benzene rings is 2. The number of carbonyl (C=O) groups is 2. The number of aromatic nitrogens is 2. The molecule has 0 aliphatic carbocycles. The fourth-order valence-electron chi connectivity index (χ4n) is 4.39. The zero-order chi connectivity index (χ0) is 27.7. The molecule has 0 saturated carbocycles. The molecular weight excluding hydrogens is 527 g/mol. The van der Waals surface area contributed by atoms with Gasteiger partial charge in [0.2, 0.25) is 0 Å². The van der Waals surface area contributed by atoms with E-state index in [1.54, 1.807) is 41.3 Å². The van der Waals surface area contributed by atoms with Crippen molar-refractivity contribution in [1.82, 2.24) is 14.5 Å². The molecule has 10 heteroatoms. The lowest BCUT2D eigenvalue weighted by Crippen LogP contribution is -2.41. The summed E-state index contributed by atoms with van der Waals surface area (Å²) >= 11 is 12.4. The van der Waals surface area contributed by atoms with Crippen molar-refractivity contribution in [3.8, 4) is 0 Å². The zero-order valence-corrected chi connectivity index (χ0v) is 23.5. The minimum Gasteiger partial charge on any atom is -0.469 e. The summed E-state index contributed by atoms with van der Waals surface area (Å²) in [4.78, 5) is 45.7. The number of halogens is 2. The molecule has 0 radical (unpaired) electrons. The van der Waals surface area contributed by atoms with Gasteiger partial charge < -0.3 is 15.0 Å².